The molecule has 7 heteroatoms. The first kappa shape index (κ1) is 18.6. The zero-order valence-electron chi connectivity index (χ0n) is 15.6. The molecule has 29 heavy (non-hydrogen) atoms. The molecule has 4 aromatic rings. The van der Waals surface area contributed by atoms with Gasteiger partial charge in [-0.25, -0.2) is 4.98 Å². The number of thiophene rings is 1. The maximum Gasteiger partial charge on any atom is 0.264 e. The van der Waals surface area contributed by atoms with Crippen LogP contribution in [0.25, 0.3) is 21.0 Å². The van der Waals surface area contributed by atoms with Crippen molar-refractivity contribution >= 4 is 49.8 Å². The van der Waals surface area contributed by atoms with E-state index in [2.05, 4.69) is 4.98 Å². The van der Waals surface area contributed by atoms with Gasteiger partial charge in [0.15, 0.2) is 0 Å². The van der Waals surface area contributed by atoms with Crippen LogP contribution in [-0.4, -0.2) is 35.0 Å². The molecule has 1 saturated heterocycles. The molecule has 148 valence electrons. The fraction of sp³-hybridized carbons (Fsp3) is 0.273. The van der Waals surface area contributed by atoms with E-state index in [1.165, 1.54) is 11.3 Å². The highest BCUT2D eigenvalue weighted by Crippen LogP contribution is 2.36. The number of benzene rings is 1. The minimum atomic E-state index is -0.0433. The summed E-state index contributed by atoms with van der Waals surface area (Å²) in [6, 6.07) is 13.4. The van der Waals surface area contributed by atoms with Crippen molar-refractivity contribution in [1.29, 1.82) is 0 Å². The molecule has 3 aromatic heterocycles. The highest BCUT2D eigenvalue weighted by molar-refractivity contribution is 7.21. The van der Waals surface area contributed by atoms with Gasteiger partial charge in [0.05, 0.1) is 29.3 Å². The van der Waals surface area contributed by atoms with Crippen LogP contribution < -0.4 is 0 Å². The highest BCUT2D eigenvalue weighted by Gasteiger charge is 2.26. The molecular formula is C22H19ClN2O3S. The third-order valence-corrected chi connectivity index (χ3v) is 6.64. The number of hydrogen-bond acceptors (Lipinski definition) is 5. The second kappa shape index (κ2) is 7.78. The van der Waals surface area contributed by atoms with Gasteiger partial charge in [-0.05, 0) is 37.1 Å². The largest absolute Gasteiger partial charge is 0.467 e. The van der Waals surface area contributed by atoms with E-state index in [0.29, 0.717) is 23.1 Å². The lowest BCUT2D eigenvalue weighted by molar-refractivity contribution is 0.0495. The molecule has 1 amide bonds. The number of carbonyl (C=O) groups excluding carboxylic acids is 1. The molecule has 5 nitrogen and oxygen atoms in total. The molecule has 5 rings (SSSR count). The zero-order chi connectivity index (χ0) is 19.8. The highest BCUT2D eigenvalue weighted by atomic mass is 35.5. The van der Waals surface area contributed by atoms with Gasteiger partial charge in [0.1, 0.15) is 10.9 Å². The standard InChI is InChI=1S/C22H19ClN2O3S/c23-21-17-11-19(29-20(17)16-7-1-2-8-18(16)24-21)22(26)25(12-14-5-3-9-27-14)13-15-6-4-10-28-15/h1-3,5,7-9,11,15H,4,6,10,12-13H2/t15-/m0/s1. The van der Waals surface area contributed by atoms with Crippen molar-refractivity contribution in [3.63, 3.8) is 0 Å². The number of halogens is 1. The van der Waals surface area contributed by atoms with Crippen molar-refractivity contribution in [2.24, 2.45) is 0 Å². The molecule has 4 heterocycles. The number of nitrogens with zero attached hydrogens (tertiary/aromatic N) is 2. The Morgan fingerprint density at radius 1 is 1.24 bits per heavy atom. The maximum atomic E-state index is 13.5. The second-order valence-corrected chi connectivity index (χ2v) is 8.58. The topological polar surface area (TPSA) is 55.6 Å². The number of amides is 1. The van der Waals surface area contributed by atoms with Crippen LogP contribution in [0.1, 0.15) is 28.3 Å². The lowest BCUT2D eigenvalue weighted by atomic mass is 10.2. The van der Waals surface area contributed by atoms with Crippen LogP contribution in [0.15, 0.2) is 53.1 Å². The molecule has 1 aliphatic heterocycles. The van der Waals surface area contributed by atoms with E-state index in [4.69, 9.17) is 20.8 Å². The van der Waals surface area contributed by atoms with E-state index in [1.54, 1.807) is 6.26 Å². The Balaban J connectivity index is 1.52. The first-order chi connectivity index (χ1) is 14.2. The van der Waals surface area contributed by atoms with Gasteiger partial charge < -0.3 is 14.1 Å². The van der Waals surface area contributed by atoms with Crippen molar-refractivity contribution in [3.05, 3.63) is 64.5 Å². The summed E-state index contributed by atoms with van der Waals surface area (Å²) in [5, 5.41) is 2.24. The zero-order valence-corrected chi connectivity index (χ0v) is 17.2. The lowest BCUT2D eigenvalue weighted by Gasteiger charge is -2.24. The number of hydrogen-bond donors (Lipinski definition) is 0. The molecule has 1 fully saturated rings. The molecule has 1 atom stereocenters. The Bertz CT molecular complexity index is 1170. The van der Waals surface area contributed by atoms with Crippen LogP contribution in [0.2, 0.25) is 5.15 Å². The number of rotatable bonds is 5. The number of carbonyl (C=O) groups is 1. The first-order valence-corrected chi connectivity index (χ1v) is 10.8. The summed E-state index contributed by atoms with van der Waals surface area (Å²) in [4.78, 5) is 20.4. The Morgan fingerprint density at radius 3 is 2.93 bits per heavy atom. The number of para-hydroxylation sites is 1. The molecule has 1 aliphatic rings. The summed E-state index contributed by atoms with van der Waals surface area (Å²) in [6.45, 7) is 1.71. The second-order valence-electron chi connectivity index (χ2n) is 7.17. The maximum absolute atomic E-state index is 13.5. The van der Waals surface area contributed by atoms with Crippen molar-refractivity contribution < 1.29 is 13.9 Å². The van der Waals surface area contributed by atoms with Gasteiger partial charge in [-0.2, -0.15) is 0 Å². The van der Waals surface area contributed by atoms with Gasteiger partial charge >= 0.3 is 0 Å². The molecular weight excluding hydrogens is 408 g/mol. The van der Waals surface area contributed by atoms with Crippen molar-refractivity contribution in [1.82, 2.24) is 9.88 Å². The van der Waals surface area contributed by atoms with Crippen LogP contribution >= 0.6 is 22.9 Å². The molecule has 0 N–H and O–H groups in total. The average molecular weight is 427 g/mol. The fourth-order valence-electron chi connectivity index (χ4n) is 3.78. The third-order valence-electron chi connectivity index (χ3n) is 5.19. The quantitative estimate of drug-likeness (QED) is 0.394. The van der Waals surface area contributed by atoms with Crippen LogP contribution in [0.4, 0.5) is 0 Å². The van der Waals surface area contributed by atoms with E-state index in [1.807, 2.05) is 47.4 Å². The Hall–Kier alpha value is -2.41. The predicted molar refractivity (Wildman–Crippen MR) is 115 cm³/mol. The van der Waals surface area contributed by atoms with Gasteiger partial charge in [-0.15, -0.1) is 11.3 Å². The lowest BCUT2D eigenvalue weighted by Crippen LogP contribution is -2.36. The van der Waals surface area contributed by atoms with Gasteiger partial charge in [-0.3, -0.25) is 4.79 Å². The average Bonchev–Trinajstić information content (AvgIpc) is 3.49. The molecule has 1 aromatic carbocycles. The predicted octanol–water partition coefficient (Wildman–Crippen LogP) is 5.52. The third kappa shape index (κ3) is 3.64. The molecule has 0 radical (unpaired) electrons. The fourth-order valence-corrected chi connectivity index (χ4v) is 5.24. The minimum absolute atomic E-state index is 0.0433. The SMILES string of the molecule is O=C(c1cc2c(Cl)nc3ccccc3c2s1)N(Cc1ccco1)C[C@@H]1CCCO1. The van der Waals surface area contributed by atoms with Crippen molar-refractivity contribution in [2.45, 2.75) is 25.5 Å². The molecule has 0 saturated carbocycles. The number of aromatic nitrogens is 1. The molecule has 0 bridgehead atoms. The van der Waals surface area contributed by atoms with Crippen LogP contribution in [0.3, 0.4) is 0 Å². The number of pyridine rings is 1. The monoisotopic (exact) mass is 426 g/mol. The molecule has 0 unspecified atom stereocenters. The Kier molecular flexibility index (Phi) is 4.99. The summed E-state index contributed by atoms with van der Waals surface area (Å²) < 4.78 is 12.2. The molecule has 0 spiro atoms. The van der Waals surface area contributed by atoms with Crippen LogP contribution in [0.5, 0.6) is 0 Å². The summed E-state index contributed by atoms with van der Waals surface area (Å²) in [5.74, 6) is 0.709. The Morgan fingerprint density at radius 2 is 2.14 bits per heavy atom. The minimum Gasteiger partial charge on any atom is -0.467 e. The van der Waals surface area contributed by atoms with Gasteiger partial charge in [-0.1, -0.05) is 29.8 Å². The number of ether oxygens (including phenoxy) is 1. The van der Waals surface area contributed by atoms with E-state index in [-0.39, 0.29) is 12.0 Å². The van der Waals surface area contributed by atoms with E-state index < -0.39 is 0 Å². The van der Waals surface area contributed by atoms with Crippen LogP contribution in [0, 0.1) is 0 Å². The van der Waals surface area contributed by atoms with Gasteiger partial charge in [0, 0.05) is 28.6 Å². The molecule has 0 aliphatic carbocycles. The summed E-state index contributed by atoms with van der Waals surface area (Å²) in [5.41, 5.74) is 0.831. The van der Waals surface area contributed by atoms with E-state index in [9.17, 15) is 4.79 Å². The van der Waals surface area contributed by atoms with Gasteiger partial charge in [0.2, 0.25) is 0 Å². The smallest absolute Gasteiger partial charge is 0.264 e. The van der Waals surface area contributed by atoms with Gasteiger partial charge in [0.25, 0.3) is 5.91 Å². The first-order valence-electron chi connectivity index (χ1n) is 9.60. The van der Waals surface area contributed by atoms with Crippen molar-refractivity contribution in [2.75, 3.05) is 13.2 Å². The van der Waals surface area contributed by atoms with E-state index >= 15 is 0 Å². The van der Waals surface area contributed by atoms with Crippen molar-refractivity contribution in [3.8, 4) is 0 Å². The normalized spacial score (nSPS) is 16.7. The number of furan rings is 1. The van der Waals surface area contributed by atoms with E-state index in [0.717, 1.165) is 46.2 Å². The summed E-state index contributed by atoms with van der Waals surface area (Å²) in [6.07, 6.45) is 3.69. The number of fused-ring (bicyclic) bond motifs is 3. The Labute approximate surface area is 176 Å². The summed E-state index contributed by atoms with van der Waals surface area (Å²) >= 11 is 7.88. The summed E-state index contributed by atoms with van der Waals surface area (Å²) in [7, 11) is 0. The van der Waals surface area contributed by atoms with Crippen LogP contribution in [-0.2, 0) is 11.3 Å².